The fourth-order valence-electron chi connectivity index (χ4n) is 2.57. The van der Waals surface area contributed by atoms with Crippen molar-refractivity contribution >= 4 is 11.6 Å². The highest BCUT2D eigenvalue weighted by Gasteiger charge is 2.22. The number of pyridine rings is 1. The first-order chi connectivity index (χ1) is 9.11. The first kappa shape index (κ1) is 16.5. The third-order valence-corrected chi connectivity index (χ3v) is 3.87. The largest absolute Gasteiger partial charge is 0.381 e. The summed E-state index contributed by atoms with van der Waals surface area (Å²) in [5.74, 6) is 0.915. The minimum Gasteiger partial charge on any atom is -0.381 e. The molecule has 1 saturated heterocycles. The molecule has 0 unspecified atom stereocenters. The average Bonchev–Trinajstić information content (AvgIpc) is 2.42. The average molecular weight is 284 g/mol. The van der Waals surface area contributed by atoms with Crippen molar-refractivity contribution in [3.05, 3.63) is 28.0 Å². The minimum atomic E-state index is 0.448. The SMILES string of the molecule is CC.Cc1cnc(C2CCOCC2)c(Cl)c1C(C)C. The zero-order valence-electron chi connectivity index (χ0n) is 12.8. The Morgan fingerprint density at radius 1 is 1.26 bits per heavy atom. The smallest absolute Gasteiger partial charge is 0.0661 e. The Hall–Kier alpha value is -0.600. The lowest BCUT2D eigenvalue weighted by molar-refractivity contribution is 0.0845. The maximum atomic E-state index is 6.54. The molecule has 0 aromatic carbocycles. The molecular weight excluding hydrogens is 258 g/mol. The van der Waals surface area contributed by atoms with E-state index < -0.39 is 0 Å². The van der Waals surface area contributed by atoms with Crippen LogP contribution in [0.2, 0.25) is 5.02 Å². The van der Waals surface area contributed by atoms with Crippen molar-refractivity contribution < 1.29 is 4.74 Å². The first-order valence-corrected chi connectivity index (χ1v) is 7.71. The summed E-state index contributed by atoms with van der Waals surface area (Å²) in [4.78, 5) is 4.56. The number of halogens is 1. The van der Waals surface area contributed by atoms with Gasteiger partial charge in [0.05, 0.1) is 10.7 Å². The van der Waals surface area contributed by atoms with Crippen molar-refractivity contribution in [1.82, 2.24) is 4.98 Å². The van der Waals surface area contributed by atoms with Crippen LogP contribution in [0.15, 0.2) is 6.20 Å². The summed E-state index contributed by atoms with van der Waals surface area (Å²) < 4.78 is 5.39. The molecule has 0 amide bonds. The number of aryl methyl sites for hydroxylation is 1. The Labute approximate surface area is 122 Å². The molecule has 1 aliphatic heterocycles. The van der Waals surface area contributed by atoms with Crippen LogP contribution in [0.5, 0.6) is 0 Å². The highest BCUT2D eigenvalue weighted by molar-refractivity contribution is 6.32. The van der Waals surface area contributed by atoms with Crippen LogP contribution >= 0.6 is 11.6 Å². The van der Waals surface area contributed by atoms with E-state index in [0.29, 0.717) is 11.8 Å². The van der Waals surface area contributed by atoms with Gasteiger partial charge >= 0.3 is 0 Å². The molecule has 108 valence electrons. The zero-order valence-corrected chi connectivity index (χ0v) is 13.5. The van der Waals surface area contributed by atoms with Crippen molar-refractivity contribution in [3.63, 3.8) is 0 Å². The molecule has 1 fully saturated rings. The Balaban J connectivity index is 0.000000861. The molecule has 0 saturated carbocycles. The molecule has 0 atom stereocenters. The molecule has 0 aliphatic carbocycles. The number of aromatic nitrogens is 1. The van der Waals surface area contributed by atoms with Gasteiger partial charge in [0.15, 0.2) is 0 Å². The predicted molar refractivity (Wildman–Crippen MR) is 82.2 cm³/mol. The Morgan fingerprint density at radius 2 is 1.84 bits per heavy atom. The van der Waals surface area contributed by atoms with Crippen molar-refractivity contribution in [2.75, 3.05) is 13.2 Å². The first-order valence-electron chi connectivity index (χ1n) is 7.34. The number of rotatable bonds is 2. The van der Waals surface area contributed by atoms with Gasteiger partial charge in [-0.25, -0.2) is 0 Å². The van der Waals surface area contributed by atoms with Gasteiger partial charge in [-0.3, -0.25) is 4.98 Å². The van der Waals surface area contributed by atoms with Gasteiger partial charge in [0.2, 0.25) is 0 Å². The van der Waals surface area contributed by atoms with Crippen LogP contribution in [0.25, 0.3) is 0 Å². The third kappa shape index (κ3) is 3.93. The van der Waals surface area contributed by atoms with E-state index in [9.17, 15) is 0 Å². The number of nitrogens with zero attached hydrogens (tertiary/aromatic N) is 1. The molecule has 3 heteroatoms. The summed E-state index contributed by atoms with van der Waals surface area (Å²) in [6.07, 6.45) is 4.03. The molecule has 1 aromatic rings. The van der Waals surface area contributed by atoms with Gasteiger partial charge in [0.25, 0.3) is 0 Å². The summed E-state index contributed by atoms with van der Waals surface area (Å²) in [5, 5.41) is 0.881. The molecule has 2 rings (SSSR count). The Kier molecular flexibility index (Phi) is 6.81. The quantitative estimate of drug-likeness (QED) is 0.754. The topological polar surface area (TPSA) is 22.1 Å². The lowest BCUT2D eigenvalue weighted by atomic mass is 9.91. The second kappa shape index (κ2) is 7.86. The van der Waals surface area contributed by atoms with Crippen molar-refractivity contribution in [1.29, 1.82) is 0 Å². The van der Waals surface area contributed by atoms with E-state index in [-0.39, 0.29) is 0 Å². The number of hydrogen-bond donors (Lipinski definition) is 0. The van der Waals surface area contributed by atoms with Gasteiger partial charge in [-0.1, -0.05) is 39.3 Å². The molecule has 0 radical (unpaired) electrons. The molecule has 2 nitrogen and oxygen atoms in total. The van der Waals surface area contributed by atoms with Crippen LogP contribution < -0.4 is 0 Å². The maximum Gasteiger partial charge on any atom is 0.0661 e. The molecule has 1 aromatic heterocycles. The van der Waals surface area contributed by atoms with Gasteiger partial charge in [0.1, 0.15) is 0 Å². The van der Waals surface area contributed by atoms with E-state index in [1.165, 1.54) is 11.1 Å². The summed E-state index contributed by atoms with van der Waals surface area (Å²) in [6.45, 7) is 12.1. The lowest BCUT2D eigenvalue weighted by Crippen LogP contribution is -2.16. The summed E-state index contributed by atoms with van der Waals surface area (Å²) in [7, 11) is 0. The summed E-state index contributed by atoms with van der Waals surface area (Å²) in [5.41, 5.74) is 3.52. The fraction of sp³-hybridized carbons (Fsp3) is 0.688. The maximum absolute atomic E-state index is 6.54. The van der Waals surface area contributed by atoms with E-state index >= 15 is 0 Å². The Bertz CT molecular complexity index is 398. The number of ether oxygens (including phenoxy) is 1. The molecule has 19 heavy (non-hydrogen) atoms. The second-order valence-electron chi connectivity index (χ2n) is 5.10. The highest BCUT2D eigenvalue weighted by Crippen LogP contribution is 2.36. The highest BCUT2D eigenvalue weighted by atomic mass is 35.5. The fourth-order valence-corrected chi connectivity index (χ4v) is 3.14. The van der Waals surface area contributed by atoms with Crippen molar-refractivity contribution in [2.24, 2.45) is 0 Å². The van der Waals surface area contributed by atoms with Crippen LogP contribution in [0.3, 0.4) is 0 Å². The van der Waals surface area contributed by atoms with E-state index in [1.807, 2.05) is 20.0 Å². The molecule has 1 aliphatic rings. The normalized spacial score (nSPS) is 16.2. The third-order valence-electron chi connectivity index (χ3n) is 3.47. The summed E-state index contributed by atoms with van der Waals surface area (Å²) >= 11 is 6.54. The number of hydrogen-bond acceptors (Lipinski definition) is 2. The molecule has 0 spiro atoms. The van der Waals surface area contributed by atoms with Crippen molar-refractivity contribution in [3.8, 4) is 0 Å². The minimum absolute atomic E-state index is 0.448. The van der Waals surface area contributed by atoms with Gasteiger partial charge in [-0.15, -0.1) is 0 Å². The van der Waals surface area contributed by atoms with E-state index in [4.69, 9.17) is 16.3 Å². The summed E-state index contributed by atoms with van der Waals surface area (Å²) in [6, 6.07) is 0. The van der Waals surface area contributed by atoms with Crippen LogP contribution in [0.1, 0.15) is 69.2 Å². The monoisotopic (exact) mass is 283 g/mol. The second-order valence-corrected chi connectivity index (χ2v) is 5.47. The van der Waals surface area contributed by atoms with Crippen LogP contribution in [-0.4, -0.2) is 18.2 Å². The molecule has 2 heterocycles. The van der Waals surface area contributed by atoms with Crippen molar-refractivity contribution in [2.45, 2.75) is 59.3 Å². The van der Waals surface area contributed by atoms with E-state index in [1.54, 1.807) is 0 Å². The van der Waals surface area contributed by atoms with Gasteiger partial charge in [-0.2, -0.15) is 0 Å². The van der Waals surface area contributed by atoms with E-state index in [2.05, 4.69) is 25.8 Å². The van der Waals surface area contributed by atoms with Gasteiger partial charge in [-0.05, 0) is 36.8 Å². The van der Waals surface area contributed by atoms with Gasteiger partial charge in [0, 0.05) is 25.3 Å². The van der Waals surface area contributed by atoms with Crippen LogP contribution in [0.4, 0.5) is 0 Å². The molecule has 0 bridgehead atoms. The molecular formula is C16H26ClNO. The van der Waals surface area contributed by atoms with E-state index in [0.717, 1.165) is 36.8 Å². The molecule has 0 N–H and O–H groups in total. The van der Waals surface area contributed by atoms with Gasteiger partial charge < -0.3 is 4.74 Å². The zero-order chi connectivity index (χ0) is 14.4. The predicted octanol–water partition coefficient (Wildman–Crippen LogP) is 5.09. The lowest BCUT2D eigenvalue weighted by Gasteiger charge is -2.24. The standard InChI is InChI=1S/C14H20ClNO.C2H6/c1-9(2)12-10(3)8-16-14(13(12)15)11-4-6-17-7-5-11;1-2/h8-9,11H,4-7H2,1-3H3;1-2H3. The van der Waals surface area contributed by atoms with Crippen LogP contribution in [0, 0.1) is 6.92 Å². The van der Waals surface area contributed by atoms with Crippen LogP contribution in [-0.2, 0) is 4.74 Å². The Morgan fingerprint density at radius 3 is 2.37 bits per heavy atom.